The summed E-state index contributed by atoms with van der Waals surface area (Å²) >= 11 is 0. The molecule has 8 aromatic carbocycles. The van der Waals surface area contributed by atoms with Gasteiger partial charge in [0.2, 0.25) is 0 Å². The van der Waals surface area contributed by atoms with E-state index in [0.717, 1.165) is 44.4 Å². The summed E-state index contributed by atoms with van der Waals surface area (Å²) in [7, 11) is 0. The van der Waals surface area contributed by atoms with Gasteiger partial charge >= 0.3 is 0 Å². The van der Waals surface area contributed by atoms with Crippen molar-refractivity contribution in [2.45, 2.75) is 0 Å². The van der Waals surface area contributed by atoms with Crippen LogP contribution in [0.4, 0.5) is 17.1 Å². The van der Waals surface area contributed by atoms with Crippen molar-refractivity contribution in [3.8, 4) is 11.1 Å². The molecule has 9 rings (SSSR count). The van der Waals surface area contributed by atoms with Gasteiger partial charge in [0.15, 0.2) is 0 Å². The smallest absolute Gasteiger partial charge is 0.143 e. The lowest BCUT2D eigenvalue weighted by molar-refractivity contribution is 0.672. The highest BCUT2D eigenvalue weighted by molar-refractivity contribution is 6.16. The quantitative estimate of drug-likeness (QED) is 0.199. The Morgan fingerprint density at radius 2 is 0.977 bits per heavy atom. The average molecular weight is 562 g/mol. The van der Waals surface area contributed by atoms with Crippen molar-refractivity contribution in [1.29, 1.82) is 0 Å². The largest absolute Gasteiger partial charge is 0.455 e. The van der Waals surface area contributed by atoms with Gasteiger partial charge in [-0.25, -0.2) is 0 Å². The molecule has 0 N–H and O–H groups in total. The molecule has 2 nitrogen and oxygen atoms in total. The Morgan fingerprint density at radius 3 is 1.80 bits per heavy atom. The Kier molecular flexibility index (Phi) is 5.54. The van der Waals surface area contributed by atoms with Crippen LogP contribution in [0.1, 0.15) is 0 Å². The number of para-hydroxylation sites is 1. The Morgan fingerprint density at radius 1 is 0.364 bits per heavy atom. The molecule has 0 aliphatic rings. The molecule has 1 aromatic heterocycles. The predicted octanol–water partition coefficient (Wildman–Crippen LogP) is 12.2. The van der Waals surface area contributed by atoms with Gasteiger partial charge in [0, 0.05) is 39.3 Å². The fraction of sp³-hybridized carbons (Fsp3) is 0. The minimum absolute atomic E-state index is 0.883. The van der Waals surface area contributed by atoms with E-state index in [4.69, 9.17) is 4.42 Å². The van der Waals surface area contributed by atoms with Crippen molar-refractivity contribution in [3.63, 3.8) is 0 Å². The van der Waals surface area contributed by atoms with E-state index >= 15 is 0 Å². The molecule has 0 saturated carbocycles. The third-order valence-electron chi connectivity index (χ3n) is 8.82. The maximum absolute atomic E-state index is 6.55. The highest BCUT2D eigenvalue weighted by Crippen LogP contribution is 2.41. The molecule has 0 unspecified atom stereocenters. The van der Waals surface area contributed by atoms with Gasteiger partial charge in [-0.05, 0) is 86.6 Å². The molecule has 0 radical (unpaired) electrons. The number of benzene rings is 8. The molecular formula is C42H27NO. The normalized spacial score (nSPS) is 11.6. The summed E-state index contributed by atoms with van der Waals surface area (Å²) in [5, 5.41) is 9.67. The number of fused-ring (bicyclic) bond motifs is 8. The minimum Gasteiger partial charge on any atom is -0.455 e. The van der Waals surface area contributed by atoms with Gasteiger partial charge in [-0.2, -0.15) is 0 Å². The molecule has 0 fully saturated rings. The van der Waals surface area contributed by atoms with Crippen LogP contribution in [-0.2, 0) is 0 Å². The number of furan rings is 1. The summed E-state index contributed by atoms with van der Waals surface area (Å²) in [6, 6.07) is 58.5. The summed E-state index contributed by atoms with van der Waals surface area (Å²) in [6.07, 6.45) is 0. The molecule has 0 bridgehead atoms. The molecule has 0 amide bonds. The topological polar surface area (TPSA) is 16.4 Å². The standard InChI is InChI=1S/C42H27NO/c1-2-12-31(13-3-1)43(33-23-25-38-39-24-20-28-10-4-7-15-35(28)42(39)44-41(38)27-33)32-21-18-29(19-22-32)40-26-30-11-5-6-14-34(30)36-16-8-9-17-37(36)40/h1-27H. The first-order valence-electron chi connectivity index (χ1n) is 15.0. The predicted molar refractivity (Wildman–Crippen MR) is 186 cm³/mol. The Labute approximate surface area is 255 Å². The molecule has 0 aliphatic heterocycles. The number of nitrogens with zero attached hydrogens (tertiary/aromatic N) is 1. The van der Waals surface area contributed by atoms with Gasteiger partial charge in [0.05, 0.1) is 0 Å². The van der Waals surface area contributed by atoms with Crippen LogP contribution in [0.2, 0.25) is 0 Å². The van der Waals surface area contributed by atoms with Crippen LogP contribution < -0.4 is 4.90 Å². The lowest BCUT2D eigenvalue weighted by Gasteiger charge is -2.25. The summed E-state index contributed by atoms with van der Waals surface area (Å²) in [5.41, 5.74) is 7.50. The van der Waals surface area contributed by atoms with E-state index in [2.05, 4.69) is 169 Å². The van der Waals surface area contributed by atoms with E-state index in [1.807, 2.05) is 0 Å². The van der Waals surface area contributed by atoms with Crippen LogP contribution >= 0.6 is 0 Å². The maximum Gasteiger partial charge on any atom is 0.143 e. The molecular weight excluding hydrogens is 534 g/mol. The second kappa shape index (κ2) is 9.86. The van der Waals surface area contributed by atoms with Crippen molar-refractivity contribution in [1.82, 2.24) is 0 Å². The fourth-order valence-electron chi connectivity index (χ4n) is 6.74. The first-order chi connectivity index (χ1) is 21.8. The molecule has 0 aliphatic carbocycles. The first kappa shape index (κ1) is 24.7. The van der Waals surface area contributed by atoms with Crippen LogP contribution in [0.25, 0.3) is 65.4 Å². The summed E-state index contributed by atoms with van der Waals surface area (Å²) in [4.78, 5) is 2.30. The summed E-state index contributed by atoms with van der Waals surface area (Å²) in [5.74, 6) is 0. The molecule has 2 heteroatoms. The van der Waals surface area contributed by atoms with Gasteiger partial charge in [-0.1, -0.05) is 109 Å². The highest BCUT2D eigenvalue weighted by Gasteiger charge is 2.17. The third-order valence-corrected chi connectivity index (χ3v) is 8.82. The highest BCUT2D eigenvalue weighted by atomic mass is 16.3. The second-order valence-corrected chi connectivity index (χ2v) is 11.4. The number of rotatable bonds is 4. The summed E-state index contributed by atoms with van der Waals surface area (Å²) < 4.78 is 6.55. The first-order valence-corrected chi connectivity index (χ1v) is 15.0. The van der Waals surface area contributed by atoms with E-state index in [9.17, 15) is 0 Å². The second-order valence-electron chi connectivity index (χ2n) is 11.4. The summed E-state index contributed by atoms with van der Waals surface area (Å²) in [6.45, 7) is 0. The third kappa shape index (κ3) is 3.89. The molecule has 0 atom stereocenters. The zero-order chi connectivity index (χ0) is 29.0. The maximum atomic E-state index is 6.55. The minimum atomic E-state index is 0.883. The van der Waals surface area contributed by atoms with Crippen LogP contribution in [-0.4, -0.2) is 0 Å². The SMILES string of the molecule is c1ccc(N(c2ccc(-c3cc4ccccc4c4ccccc34)cc2)c2ccc3c(c2)oc2c4ccccc4ccc32)cc1. The van der Waals surface area contributed by atoms with E-state index in [1.54, 1.807) is 0 Å². The molecule has 1 heterocycles. The van der Waals surface area contributed by atoms with E-state index < -0.39 is 0 Å². The Hall–Kier alpha value is -5.86. The monoisotopic (exact) mass is 561 g/mol. The van der Waals surface area contributed by atoms with Crippen LogP contribution in [0.15, 0.2) is 168 Å². The average Bonchev–Trinajstić information content (AvgIpc) is 3.47. The van der Waals surface area contributed by atoms with Crippen molar-refractivity contribution in [3.05, 3.63) is 164 Å². The zero-order valence-corrected chi connectivity index (χ0v) is 23.9. The van der Waals surface area contributed by atoms with E-state index in [1.165, 1.54) is 38.1 Å². The molecule has 206 valence electrons. The van der Waals surface area contributed by atoms with Crippen LogP contribution in [0, 0.1) is 0 Å². The van der Waals surface area contributed by atoms with Crippen molar-refractivity contribution < 1.29 is 4.42 Å². The number of anilines is 3. The van der Waals surface area contributed by atoms with Gasteiger partial charge in [-0.3, -0.25) is 0 Å². The zero-order valence-electron chi connectivity index (χ0n) is 23.9. The fourth-order valence-corrected chi connectivity index (χ4v) is 6.74. The molecule has 44 heavy (non-hydrogen) atoms. The number of hydrogen-bond acceptors (Lipinski definition) is 2. The Balaban J connectivity index is 1.19. The van der Waals surface area contributed by atoms with E-state index in [-0.39, 0.29) is 0 Å². The van der Waals surface area contributed by atoms with Gasteiger partial charge in [0.1, 0.15) is 11.2 Å². The van der Waals surface area contributed by atoms with Crippen LogP contribution in [0.5, 0.6) is 0 Å². The lowest BCUT2D eigenvalue weighted by Crippen LogP contribution is -2.09. The lowest BCUT2D eigenvalue weighted by atomic mass is 9.93. The van der Waals surface area contributed by atoms with Gasteiger partial charge in [-0.15, -0.1) is 0 Å². The van der Waals surface area contributed by atoms with Crippen molar-refractivity contribution >= 4 is 71.3 Å². The van der Waals surface area contributed by atoms with Crippen molar-refractivity contribution in [2.75, 3.05) is 4.90 Å². The molecule has 9 aromatic rings. The van der Waals surface area contributed by atoms with Gasteiger partial charge < -0.3 is 9.32 Å². The Bertz CT molecular complexity index is 2490. The van der Waals surface area contributed by atoms with Gasteiger partial charge in [0.25, 0.3) is 0 Å². The molecule has 0 saturated heterocycles. The molecule has 0 spiro atoms. The van der Waals surface area contributed by atoms with Crippen LogP contribution in [0.3, 0.4) is 0 Å². The number of hydrogen-bond donors (Lipinski definition) is 0. The van der Waals surface area contributed by atoms with Crippen molar-refractivity contribution in [2.24, 2.45) is 0 Å². The van der Waals surface area contributed by atoms with E-state index in [0.29, 0.717) is 0 Å².